The molecule has 1 atom stereocenters. The van der Waals surface area contributed by atoms with Gasteiger partial charge in [0.05, 0.1) is 6.54 Å². The molecule has 0 aromatic heterocycles. The Hall–Kier alpha value is -2.83. The van der Waals surface area contributed by atoms with Crippen LogP contribution in [0.4, 0.5) is 14.5 Å². The Labute approximate surface area is 157 Å². The van der Waals surface area contributed by atoms with Crippen molar-refractivity contribution in [2.24, 2.45) is 10.7 Å². The molecule has 1 aliphatic heterocycles. The molecule has 0 saturated heterocycles. The lowest BCUT2D eigenvalue weighted by atomic mass is 9.83. The van der Waals surface area contributed by atoms with Gasteiger partial charge in [-0.15, -0.1) is 0 Å². The van der Waals surface area contributed by atoms with E-state index in [2.05, 4.69) is 30.0 Å². The highest BCUT2D eigenvalue weighted by molar-refractivity contribution is 5.81. The summed E-state index contributed by atoms with van der Waals surface area (Å²) >= 11 is 0. The van der Waals surface area contributed by atoms with Crippen LogP contribution in [0.25, 0.3) is 0 Å². The quantitative estimate of drug-likeness (QED) is 0.811. The Morgan fingerprint density at radius 3 is 2.41 bits per heavy atom. The van der Waals surface area contributed by atoms with Crippen LogP contribution in [0.3, 0.4) is 0 Å². The van der Waals surface area contributed by atoms with Crippen LogP contribution in [-0.2, 0) is 5.54 Å². The first-order valence-electron chi connectivity index (χ1n) is 8.79. The third kappa shape index (κ3) is 3.97. The number of aliphatic imine (C=N–C) groups is 1. The van der Waals surface area contributed by atoms with Crippen molar-refractivity contribution in [1.82, 2.24) is 4.90 Å². The van der Waals surface area contributed by atoms with Crippen molar-refractivity contribution >= 4 is 11.6 Å². The molecule has 0 bridgehead atoms. The molecular formula is C20H24F2N4O. The molecule has 0 aliphatic carbocycles. The fourth-order valence-electron chi connectivity index (χ4n) is 3.33. The average Bonchev–Trinajstić information content (AvgIpc) is 2.91. The number of benzene rings is 2. The molecule has 2 aromatic rings. The van der Waals surface area contributed by atoms with E-state index in [1.54, 1.807) is 12.1 Å². The van der Waals surface area contributed by atoms with Crippen molar-refractivity contribution in [3.63, 3.8) is 0 Å². The zero-order chi connectivity index (χ0) is 19.6. The smallest absolute Gasteiger partial charge is 0.387 e. The van der Waals surface area contributed by atoms with E-state index in [1.807, 2.05) is 30.1 Å². The standard InChI is InChI=1S/C20H24F2N4O/c1-13(2)24-16-6-4-5-15(11-16)20(12-26(3)19(23)25-20)14-7-9-17(10-8-14)27-18(21)22/h4-11,13,18,24H,12H2,1-3H3,(H2,23,25). The molecular weight excluding hydrogens is 350 g/mol. The van der Waals surface area contributed by atoms with Crippen LogP contribution >= 0.6 is 0 Å². The Morgan fingerprint density at radius 2 is 1.85 bits per heavy atom. The molecule has 27 heavy (non-hydrogen) atoms. The normalized spacial score (nSPS) is 19.5. The molecule has 5 nitrogen and oxygen atoms in total. The fraction of sp³-hybridized carbons (Fsp3) is 0.350. The van der Waals surface area contributed by atoms with Gasteiger partial charge in [0, 0.05) is 18.8 Å². The van der Waals surface area contributed by atoms with Crippen LogP contribution < -0.4 is 15.8 Å². The molecule has 1 heterocycles. The van der Waals surface area contributed by atoms with E-state index < -0.39 is 12.2 Å². The van der Waals surface area contributed by atoms with Crippen LogP contribution in [-0.4, -0.2) is 37.1 Å². The summed E-state index contributed by atoms with van der Waals surface area (Å²) < 4.78 is 29.3. The topological polar surface area (TPSA) is 62.9 Å². The number of likely N-dealkylation sites (N-methyl/N-ethyl adjacent to an activating group) is 1. The molecule has 0 fully saturated rings. The summed E-state index contributed by atoms with van der Waals surface area (Å²) in [5.41, 5.74) is 8.19. The minimum atomic E-state index is -2.85. The average molecular weight is 374 g/mol. The van der Waals surface area contributed by atoms with Crippen molar-refractivity contribution in [1.29, 1.82) is 0 Å². The highest BCUT2D eigenvalue weighted by Gasteiger charge is 2.41. The molecule has 3 rings (SSSR count). The summed E-state index contributed by atoms with van der Waals surface area (Å²) in [7, 11) is 1.88. The molecule has 0 saturated carbocycles. The zero-order valence-corrected chi connectivity index (χ0v) is 15.6. The number of alkyl halides is 2. The minimum absolute atomic E-state index is 0.113. The maximum atomic E-state index is 12.4. The molecule has 0 spiro atoms. The van der Waals surface area contributed by atoms with Crippen molar-refractivity contribution in [2.45, 2.75) is 32.0 Å². The lowest BCUT2D eigenvalue weighted by Crippen LogP contribution is -2.34. The van der Waals surface area contributed by atoms with E-state index in [9.17, 15) is 8.78 Å². The second kappa shape index (κ2) is 7.42. The molecule has 1 aliphatic rings. The number of rotatable bonds is 6. The van der Waals surface area contributed by atoms with Gasteiger partial charge in [-0.2, -0.15) is 8.78 Å². The SMILES string of the molecule is CC(C)Nc1cccc(C2(c3ccc(OC(F)F)cc3)CN(C)C(N)=N2)c1. The number of hydrogen-bond donors (Lipinski definition) is 2. The van der Waals surface area contributed by atoms with E-state index in [0.29, 0.717) is 18.5 Å². The van der Waals surface area contributed by atoms with Crippen LogP contribution in [0.1, 0.15) is 25.0 Å². The maximum Gasteiger partial charge on any atom is 0.387 e. The van der Waals surface area contributed by atoms with Gasteiger partial charge in [0.2, 0.25) is 0 Å². The molecule has 144 valence electrons. The van der Waals surface area contributed by atoms with Gasteiger partial charge in [0.15, 0.2) is 5.96 Å². The lowest BCUT2D eigenvalue weighted by Gasteiger charge is -2.29. The summed E-state index contributed by atoms with van der Waals surface area (Å²) in [4.78, 5) is 6.64. The number of anilines is 1. The van der Waals surface area contributed by atoms with E-state index in [1.165, 1.54) is 12.1 Å². The molecule has 2 aromatic carbocycles. The van der Waals surface area contributed by atoms with Gasteiger partial charge in [-0.25, -0.2) is 4.99 Å². The van der Waals surface area contributed by atoms with Gasteiger partial charge in [0.1, 0.15) is 11.3 Å². The summed E-state index contributed by atoms with van der Waals surface area (Å²) in [6.07, 6.45) is 0. The van der Waals surface area contributed by atoms with Gasteiger partial charge >= 0.3 is 6.61 Å². The van der Waals surface area contributed by atoms with E-state index in [4.69, 9.17) is 10.7 Å². The second-order valence-corrected chi connectivity index (χ2v) is 6.97. The first-order chi connectivity index (χ1) is 12.8. The minimum Gasteiger partial charge on any atom is -0.435 e. The Bertz CT molecular complexity index is 823. The number of halogens is 2. The number of ether oxygens (including phenoxy) is 1. The monoisotopic (exact) mass is 374 g/mol. The number of guanidine groups is 1. The predicted molar refractivity (Wildman–Crippen MR) is 103 cm³/mol. The first-order valence-corrected chi connectivity index (χ1v) is 8.79. The van der Waals surface area contributed by atoms with Crippen molar-refractivity contribution in [3.8, 4) is 5.75 Å². The summed E-state index contributed by atoms with van der Waals surface area (Å²) in [6, 6.07) is 14.9. The van der Waals surface area contributed by atoms with Crippen molar-refractivity contribution < 1.29 is 13.5 Å². The molecule has 0 radical (unpaired) electrons. The third-order valence-corrected chi connectivity index (χ3v) is 4.52. The third-order valence-electron chi connectivity index (χ3n) is 4.52. The number of nitrogens with zero attached hydrogens (tertiary/aromatic N) is 2. The van der Waals surface area contributed by atoms with Crippen LogP contribution in [0.15, 0.2) is 53.5 Å². The number of nitrogens with two attached hydrogens (primary N) is 1. The van der Waals surface area contributed by atoms with E-state index >= 15 is 0 Å². The summed E-state index contributed by atoms with van der Waals surface area (Å²) in [5, 5.41) is 3.39. The molecule has 3 N–H and O–H groups in total. The number of nitrogens with one attached hydrogen (secondary N) is 1. The maximum absolute atomic E-state index is 12.4. The lowest BCUT2D eigenvalue weighted by molar-refractivity contribution is -0.0498. The Morgan fingerprint density at radius 1 is 1.15 bits per heavy atom. The first kappa shape index (κ1) is 18.9. The predicted octanol–water partition coefficient (Wildman–Crippen LogP) is 3.61. The summed E-state index contributed by atoms with van der Waals surface area (Å²) in [6.45, 7) is 1.85. The van der Waals surface area contributed by atoms with Gasteiger partial charge in [-0.3, -0.25) is 0 Å². The fourth-order valence-corrected chi connectivity index (χ4v) is 3.33. The van der Waals surface area contributed by atoms with Gasteiger partial charge < -0.3 is 20.7 Å². The molecule has 1 unspecified atom stereocenters. The highest BCUT2D eigenvalue weighted by atomic mass is 19.3. The van der Waals surface area contributed by atoms with Crippen LogP contribution in [0.2, 0.25) is 0 Å². The van der Waals surface area contributed by atoms with Crippen molar-refractivity contribution in [2.75, 3.05) is 18.9 Å². The van der Waals surface area contributed by atoms with Crippen LogP contribution in [0, 0.1) is 0 Å². The second-order valence-electron chi connectivity index (χ2n) is 6.97. The Balaban J connectivity index is 2.04. The molecule has 0 amide bonds. The molecule has 7 heteroatoms. The van der Waals surface area contributed by atoms with Crippen molar-refractivity contribution in [3.05, 3.63) is 59.7 Å². The van der Waals surface area contributed by atoms with Gasteiger partial charge in [-0.1, -0.05) is 24.3 Å². The van der Waals surface area contributed by atoms with E-state index in [-0.39, 0.29) is 5.75 Å². The number of hydrogen-bond acceptors (Lipinski definition) is 5. The van der Waals surface area contributed by atoms with Crippen LogP contribution in [0.5, 0.6) is 5.75 Å². The van der Waals surface area contributed by atoms with Gasteiger partial charge in [0.25, 0.3) is 0 Å². The highest BCUT2D eigenvalue weighted by Crippen LogP contribution is 2.39. The Kier molecular flexibility index (Phi) is 5.21. The van der Waals surface area contributed by atoms with Gasteiger partial charge in [-0.05, 0) is 49.2 Å². The zero-order valence-electron chi connectivity index (χ0n) is 15.6. The largest absolute Gasteiger partial charge is 0.435 e. The summed E-state index contributed by atoms with van der Waals surface area (Å²) in [5.74, 6) is 0.549. The van der Waals surface area contributed by atoms with E-state index in [0.717, 1.165) is 16.8 Å².